The minimum atomic E-state index is -0.693. The highest BCUT2D eigenvalue weighted by Crippen LogP contribution is 2.20. The fourth-order valence-corrected chi connectivity index (χ4v) is 2.10. The molecule has 120 valence electrons. The van der Waals surface area contributed by atoms with Crippen LogP contribution in [0, 0.1) is 0 Å². The number of benzene rings is 1. The van der Waals surface area contributed by atoms with Gasteiger partial charge in [0.1, 0.15) is 6.04 Å². The van der Waals surface area contributed by atoms with Crippen molar-refractivity contribution in [2.24, 2.45) is 0 Å². The molecule has 0 aliphatic heterocycles. The number of rotatable bonds is 5. The Kier molecular flexibility index (Phi) is 5.24. The fourth-order valence-electron chi connectivity index (χ4n) is 2.10. The first kappa shape index (κ1) is 16.4. The molecule has 1 atom stereocenters. The smallest absolute Gasteiger partial charge is 0.243 e. The predicted octanol–water partition coefficient (Wildman–Crippen LogP) is 0.814. The predicted molar refractivity (Wildman–Crippen MR) is 86.7 cm³/mol. The van der Waals surface area contributed by atoms with Crippen LogP contribution in [0.5, 0.6) is 0 Å². The summed E-state index contributed by atoms with van der Waals surface area (Å²) >= 11 is 0. The number of amides is 3. The molecule has 1 heterocycles. The number of aromatic nitrogens is 1. The van der Waals surface area contributed by atoms with E-state index >= 15 is 0 Å². The molecule has 7 nitrogen and oxygen atoms in total. The van der Waals surface area contributed by atoms with Crippen molar-refractivity contribution in [3.63, 3.8) is 0 Å². The Hall–Kier alpha value is -2.96. The van der Waals surface area contributed by atoms with Crippen molar-refractivity contribution in [3.05, 3.63) is 36.5 Å². The average molecular weight is 314 g/mol. The second kappa shape index (κ2) is 7.35. The van der Waals surface area contributed by atoms with Crippen LogP contribution in [-0.4, -0.2) is 35.3 Å². The first-order valence-electron chi connectivity index (χ1n) is 7.16. The van der Waals surface area contributed by atoms with Crippen molar-refractivity contribution in [3.8, 4) is 0 Å². The summed E-state index contributed by atoms with van der Waals surface area (Å²) in [4.78, 5) is 38.8. The second-order valence-electron chi connectivity index (χ2n) is 5.06. The standard InChI is InChI=1S/C16H18N4O3/c1-10(19-11(2)21)16(23)18-9-15(22)20-14-7-3-6-13-12(14)5-4-8-17-13/h3-8,10H,9H2,1-2H3,(H,18,23)(H,19,21)(H,20,22). The number of fused-ring (bicyclic) bond motifs is 1. The number of hydrogen-bond acceptors (Lipinski definition) is 4. The van der Waals surface area contributed by atoms with Crippen molar-refractivity contribution in [1.82, 2.24) is 15.6 Å². The van der Waals surface area contributed by atoms with Gasteiger partial charge in [0, 0.05) is 18.5 Å². The molecule has 0 bridgehead atoms. The van der Waals surface area contributed by atoms with Crippen molar-refractivity contribution in [2.45, 2.75) is 19.9 Å². The van der Waals surface area contributed by atoms with E-state index in [1.165, 1.54) is 6.92 Å². The number of nitrogens with zero attached hydrogens (tertiary/aromatic N) is 1. The molecule has 0 aliphatic carbocycles. The summed E-state index contributed by atoms with van der Waals surface area (Å²) in [5, 5.41) is 8.48. The molecule has 1 unspecified atom stereocenters. The Labute approximate surface area is 133 Å². The SMILES string of the molecule is CC(=O)NC(C)C(=O)NCC(=O)Nc1cccc2ncccc12. The Morgan fingerprint density at radius 2 is 1.96 bits per heavy atom. The highest BCUT2D eigenvalue weighted by Gasteiger charge is 2.14. The number of nitrogens with one attached hydrogen (secondary N) is 3. The van der Waals surface area contributed by atoms with Crippen LogP contribution in [0.3, 0.4) is 0 Å². The highest BCUT2D eigenvalue weighted by atomic mass is 16.2. The topological polar surface area (TPSA) is 100 Å². The van der Waals surface area contributed by atoms with Gasteiger partial charge in [0.15, 0.2) is 0 Å². The van der Waals surface area contributed by atoms with Crippen LogP contribution >= 0.6 is 0 Å². The summed E-state index contributed by atoms with van der Waals surface area (Å²) in [7, 11) is 0. The summed E-state index contributed by atoms with van der Waals surface area (Å²) in [6, 6.07) is 8.36. The van der Waals surface area contributed by atoms with Gasteiger partial charge in [-0.1, -0.05) is 6.07 Å². The minimum Gasteiger partial charge on any atom is -0.345 e. The summed E-state index contributed by atoms with van der Waals surface area (Å²) in [6.45, 7) is 2.69. The largest absolute Gasteiger partial charge is 0.345 e. The molecule has 1 aromatic heterocycles. The van der Waals surface area contributed by atoms with E-state index in [9.17, 15) is 14.4 Å². The number of carbonyl (C=O) groups excluding carboxylic acids is 3. The fraction of sp³-hybridized carbons (Fsp3) is 0.250. The van der Waals surface area contributed by atoms with Crippen LogP contribution in [0.4, 0.5) is 5.69 Å². The lowest BCUT2D eigenvalue weighted by Crippen LogP contribution is -2.46. The van der Waals surface area contributed by atoms with E-state index in [2.05, 4.69) is 20.9 Å². The molecule has 7 heteroatoms. The maximum absolute atomic E-state index is 12.0. The summed E-state index contributed by atoms with van der Waals surface area (Å²) in [6.07, 6.45) is 1.68. The highest BCUT2D eigenvalue weighted by molar-refractivity contribution is 6.02. The Bertz CT molecular complexity index is 740. The molecular formula is C16H18N4O3. The van der Waals surface area contributed by atoms with E-state index < -0.39 is 11.9 Å². The third kappa shape index (κ3) is 4.50. The zero-order chi connectivity index (χ0) is 16.8. The van der Waals surface area contributed by atoms with Crippen LogP contribution in [0.15, 0.2) is 36.5 Å². The van der Waals surface area contributed by atoms with Gasteiger partial charge in [-0.05, 0) is 31.2 Å². The molecule has 0 spiro atoms. The van der Waals surface area contributed by atoms with Crippen molar-refractivity contribution < 1.29 is 14.4 Å². The third-order valence-electron chi connectivity index (χ3n) is 3.16. The zero-order valence-electron chi connectivity index (χ0n) is 12.9. The summed E-state index contributed by atoms with van der Waals surface area (Å²) < 4.78 is 0. The van der Waals surface area contributed by atoms with Crippen LogP contribution in [0.1, 0.15) is 13.8 Å². The lowest BCUT2D eigenvalue weighted by molar-refractivity contribution is -0.128. The summed E-state index contributed by atoms with van der Waals surface area (Å²) in [5.74, 6) is -1.08. The second-order valence-corrected chi connectivity index (χ2v) is 5.06. The lowest BCUT2D eigenvalue weighted by atomic mass is 10.2. The van der Waals surface area contributed by atoms with Gasteiger partial charge in [0.05, 0.1) is 17.7 Å². The molecule has 0 radical (unpaired) electrons. The monoisotopic (exact) mass is 314 g/mol. The van der Waals surface area contributed by atoms with Gasteiger partial charge in [-0.2, -0.15) is 0 Å². The maximum Gasteiger partial charge on any atom is 0.243 e. The Balaban J connectivity index is 1.94. The number of pyridine rings is 1. The molecule has 2 aromatic rings. The van der Waals surface area contributed by atoms with Gasteiger partial charge in [-0.15, -0.1) is 0 Å². The van der Waals surface area contributed by atoms with E-state index in [0.29, 0.717) is 5.69 Å². The van der Waals surface area contributed by atoms with E-state index in [0.717, 1.165) is 10.9 Å². The lowest BCUT2D eigenvalue weighted by Gasteiger charge is -2.13. The number of anilines is 1. The molecule has 3 N–H and O–H groups in total. The quantitative estimate of drug-likeness (QED) is 0.760. The van der Waals surface area contributed by atoms with Gasteiger partial charge >= 0.3 is 0 Å². The van der Waals surface area contributed by atoms with Crippen molar-refractivity contribution in [1.29, 1.82) is 0 Å². The molecular weight excluding hydrogens is 296 g/mol. The first-order valence-corrected chi connectivity index (χ1v) is 7.16. The van der Waals surface area contributed by atoms with Crippen LogP contribution in [0.2, 0.25) is 0 Å². The van der Waals surface area contributed by atoms with Gasteiger partial charge in [-0.25, -0.2) is 0 Å². The van der Waals surface area contributed by atoms with Crippen LogP contribution < -0.4 is 16.0 Å². The molecule has 3 amide bonds. The van der Waals surface area contributed by atoms with Crippen molar-refractivity contribution >= 4 is 34.3 Å². The molecule has 0 aliphatic rings. The molecule has 0 saturated heterocycles. The molecule has 23 heavy (non-hydrogen) atoms. The van der Waals surface area contributed by atoms with E-state index in [4.69, 9.17) is 0 Å². The minimum absolute atomic E-state index is 0.181. The molecule has 1 aromatic carbocycles. The summed E-state index contributed by atoms with van der Waals surface area (Å²) in [5.41, 5.74) is 1.40. The average Bonchev–Trinajstić information content (AvgIpc) is 2.52. The zero-order valence-corrected chi connectivity index (χ0v) is 12.9. The van der Waals surface area contributed by atoms with Crippen LogP contribution in [-0.2, 0) is 14.4 Å². The van der Waals surface area contributed by atoms with E-state index in [-0.39, 0.29) is 18.4 Å². The Morgan fingerprint density at radius 1 is 1.17 bits per heavy atom. The third-order valence-corrected chi connectivity index (χ3v) is 3.16. The van der Waals surface area contributed by atoms with Gasteiger partial charge in [0.25, 0.3) is 0 Å². The number of hydrogen-bond donors (Lipinski definition) is 3. The van der Waals surface area contributed by atoms with Crippen LogP contribution in [0.25, 0.3) is 10.9 Å². The molecule has 0 fully saturated rings. The van der Waals surface area contributed by atoms with Gasteiger partial charge in [-0.3, -0.25) is 19.4 Å². The normalized spacial score (nSPS) is 11.6. The number of carbonyl (C=O) groups is 3. The molecule has 2 rings (SSSR count). The first-order chi connectivity index (χ1) is 11.0. The van der Waals surface area contributed by atoms with E-state index in [1.54, 1.807) is 31.3 Å². The maximum atomic E-state index is 12.0. The molecule has 0 saturated carbocycles. The van der Waals surface area contributed by atoms with E-state index in [1.807, 2.05) is 12.1 Å². The van der Waals surface area contributed by atoms with Crippen molar-refractivity contribution in [2.75, 3.05) is 11.9 Å². The van der Waals surface area contributed by atoms with Gasteiger partial charge in [0.2, 0.25) is 17.7 Å². The Morgan fingerprint density at radius 3 is 2.70 bits per heavy atom. The van der Waals surface area contributed by atoms with Gasteiger partial charge < -0.3 is 16.0 Å².